The molecule has 0 heterocycles. The maximum atomic E-state index is 9.14. The lowest BCUT2D eigenvalue weighted by Gasteiger charge is -2.14. The molecule has 0 radical (unpaired) electrons. The summed E-state index contributed by atoms with van der Waals surface area (Å²) in [6.45, 7) is 3.94. The van der Waals surface area contributed by atoms with Crippen LogP contribution in [-0.4, -0.2) is 29.4 Å². The first-order valence-electron chi connectivity index (χ1n) is 6.90. The molecule has 0 aromatic heterocycles. The Morgan fingerprint density at radius 3 is 2.62 bits per heavy atom. The van der Waals surface area contributed by atoms with Gasteiger partial charge in [-0.25, -0.2) is 0 Å². The normalized spacial score (nSPS) is 17.4. The first-order valence-corrected chi connectivity index (χ1v) is 6.90. The number of benzene rings is 1. The maximum Gasteiger partial charge on any atom is 0.488 e. The van der Waals surface area contributed by atoms with Gasteiger partial charge in [0.15, 0.2) is 0 Å². The van der Waals surface area contributed by atoms with Gasteiger partial charge in [-0.2, -0.15) is 0 Å². The summed E-state index contributed by atoms with van der Waals surface area (Å²) in [7, 11) is -1.48. The van der Waals surface area contributed by atoms with Crippen LogP contribution in [0.1, 0.15) is 13.8 Å². The van der Waals surface area contributed by atoms with Crippen LogP contribution >= 0.6 is 0 Å². The predicted molar refractivity (Wildman–Crippen MR) is 83.2 cm³/mol. The Morgan fingerprint density at radius 1 is 1.14 bits per heavy atom. The molecule has 0 fully saturated rings. The van der Waals surface area contributed by atoms with Gasteiger partial charge >= 0.3 is 7.12 Å². The molecule has 2 rings (SSSR count). The van der Waals surface area contributed by atoms with Gasteiger partial charge in [0.2, 0.25) is 0 Å². The van der Waals surface area contributed by atoms with E-state index in [1.165, 1.54) is 0 Å². The van der Waals surface area contributed by atoms with Crippen LogP contribution in [0.15, 0.2) is 60.1 Å². The Labute approximate surface area is 125 Å². The summed E-state index contributed by atoms with van der Waals surface area (Å²) in [5.74, 6) is 1.45. The highest BCUT2D eigenvalue weighted by atomic mass is 16.5. The van der Waals surface area contributed by atoms with Crippen LogP contribution in [0.5, 0.6) is 11.5 Å². The first kappa shape index (κ1) is 15.4. The lowest BCUT2D eigenvalue weighted by Crippen LogP contribution is -2.14. The van der Waals surface area contributed by atoms with E-state index in [4.69, 9.17) is 19.5 Å². The van der Waals surface area contributed by atoms with Crippen molar-refractivity contribution in [1.29, 1.82) is 0 Å². The van der Waals surface area contributed by atoms with Gasteiger partial charge < -0.3 is 19.5 Å². The van der Waals surface area contributed by atoms with E-state index in [-0.39, 0.29) is 12.2 Å². The number of allylic oxidation sites excluding steroid dienone is 4. The fourth-order valence-electron chi connectivity index (χ4n) is 1.90. The van der Waals surface area contributed by atoms with E-state index in [2.05, 4.69) is 0 Å². The fraction of sp³-hybridized carbons (Fsp3) is 0.250. The third-order valence-electron chi connectivity index (χ3n) is 2.82. The summed E-state index contributed by atoms with van der Waals surface area (Å²) in [4.78, 5) is 0. The van der Waals surface area contributed by atoms with Gasteiger partial charge in [-0.15, -0.1) is 0 Å². The molecule has 2 N–H and O–H groups in total. The van der Waals surface area contributed by atoms with Gasteiger partial charge in [0.25, 0.3) is 0 Å². The Morgan fingerprint density at radius 2 is 1.90 bits per heavy atom. The van der Waals surface area contributed by atoms with E-state index >= 15 is 0 Å². The molecule has 0 amide bonds. The lowest BCUT2D eigenvalue weighted by atomic mass is 9.79. The predicted octanol–water partition coefficient (Wildman–Crippen LogP) is 2.29. The summed E-state index contributed by atoms with van der Waals surface area (Å²) in [6.07, 6.45) is 8.47. The fourth-order valence-corrected chi connectivity index (χ4v) is 1.90. The Bertz CT molecular complexity index is 561. The standard InChI is InChI=1S/C16H19BO4/c1-12(2)20-15-7-4-8-16(11-15)21-14-6-3-5-13(9-10-14)17(18)19/h3-12,14,18-19H,1-2H3. The van der Waals surface area contributed by atoms with Gasteiger partial charge in [0, 0.05) is 6.07 Å². The van der Waals surface area contributed by atoms with Gasteiger partial charge in [-0.1, -0.05) is 24.3 Å². The average Bonchev–Trinajstić information content (AvgIpc) is 2.64. The second-order valence-corrected chi connectivity index (χ2v) is 5.01. The van der Waals surface area contributed by atoms with E-state index < -0.39 is 7.12 Å². The Kier molecular flexibility index (Phi) is 5.25. The van der Waals surface area contributed by atoms with Gasteiger partial charge in [0.05, 0.1) is 6.10 Å². The summed E-state index contributed by atoms with van der Waals surface area (Å²) < 4.78 is 11.5. The van der Waals surface area contributed by atoms with Crippen LogP contribution in [-0.2, 0) is 0 Å². The summed E-state index contributed by atoms with van der Waals surface area (Å²) >= 11 is 0. The second kappa shape index (κ2) is 7.15. The van der Waals surface area contributed by atoms with E-state index in [1.807, 2.05) is 44.2 Å². The minimum atomic E-state index is -1.48. The van der Waals surface area contributed by atoms with Crippen LogP contribution in [0, 0.1) is 0 Å². The monoisotopic (exact) mass is 286 g/mol. The zero-order valence-corrected chi connectivity index (χ0v) is 12.1. The van der Waals surface area contributed by atoms with Gasteiger partial charge in [-0.3, -0.25) is 0 Å². The van der Waals surface area contributed by atoms with E-state index in [0.717, 1.165) is 5.75 Å². The van der Waals surface area contributed by atoms with Crippen LogP contribution < -0.4 is 9.47 Å². The van der Waals surface area contributed by atoms with Crippen molar-refractivity contribution in [3.63, 3.8) is 0 Å². The van der Waals surface area contributed by atoms with Gasteiger partial charge in [-0.05, 0) is 43.6 Å². The van der Waals surface area contributed by atoms with Crippen LogP contribution in [0.2, 0.25) is 0 Å². The van der Waals surface area contributed by atoms with Crippen molar-refractivity contribution in [3.05, 3.63) is 60.1 Å². The lowest BCUT2D eigenvalue weighted by molar-refractivity contribution is 0.239. The van der Waals surface area contributed by atoms with Crippen molar-refractivity contribution < 1.29 is 19.5 Å². The average molecular weight is 286 g/mol. The summed E-state index contributed by atoms with van der Waals surface area (Å²) in [5.41, 5.74) is 0.425. The van der Waals surface area contributed by atoms with Crippen LogP contribution in [0.3, 0.4) is 0 Å². The van der Waals surface area contributed by atoms with E-state index in [0.29, 0.717) is 11.2 Å². The minimum Gasteiger partial charge on any atom is -0.491 e. The highest BCUT2D eigenvalue weighted by Gasteiger charge is 2.14. The maximum absolute atomic E-state index is 9.14. The molecule has 1 aliphatic rings. The van der Waals surface area contributed by atoms with Crippen molar-refractivity contribution in [2.75, 3.05) is 0 Å². The zero-order chi connectivity index (χ0) is 15.2. The molecule has 0 bridgehead atoms. The zero-order valence-electron chi connectivity index (χ0n) is 12.1. The second-order valence-electron chi connectivity index (χ2n) is 5.01. The number of ether oxygens (including phenoxy) is 2. The van der Waals surface area contributed by atoms with Crippen LogP contribution in [0.25, 0.3) is 0 Å². The molecule has 4 nitrogen and oxygen atoms in total. The quantitative estimate of drug-likeness (QED) is 0.815. The molecule has 1 aliphatic carbocycles. The van der Waals surface area contributed by atoms with Crippen molar-refractivity contribution in [3.8, 4) is 11.5 Å². The highest BCUT2D eigenvalue weighted by molar-refractivity contribution is 6.51. The largest absolute Gasteiger partial charge is 0.491 e. The molecule has 1 aromatic carbocycles. The Hall–Kier alpha value is -1.98. The molecule has 1 unspecified atom stereocenters. The first-order chi connectivity index (χ1) is 10.0. The summed E-state index contributed by atoms with van der Waals surface area (Å²) in [5, 5.41) is 18.3. The summed E-state index contributed by atoms with van der Waals surface area (Å²) in [6, 6.07) is 7.45. The molecule has 1 atom stereocenters. The number of hydrogen-bond acceptors (Lipinski definition) is 4. The number of hydrogen-bond donors (Lipinski definition) is 2. The van der Waals surface area contributed by atoms with E-state index in [9.17, 15) is 0 Å². The van der Waals surface area contributed by atoms with Crippen molar-refractivity contribution >= 4 is 7.12 Å². The SMILES string of the molecule is CC(C)Oc1cccc(OC2C=CC=C(B(O)O)C=C2)c1. The highest BCUT2D eigenvalue weighted by Crippen LogP contribution is 2.22. The molecule has 0 aliphatic heterocycles. The molecular weight excluding hydrogens is 267 g/mol. The van der Waals surface area contributed by atoms with Crippen molar-refractivity contribution in [1.82, 2.24) is 0 Å². The smallest absolute Gasteiger partial charge is 0.488 e. The molecule has 0 saturated heterocycles. The molecule has 110 valence electrons. The molecule has 5 heteroatoms. The van der Waals surface area contributed by atoms with Gasteiger partial charge in [0.1, 0.15) is 17.6 Å². The minimum absolute atomic E-state index is 0.107. The third-order valence-corrected chi connectivity index (χ3v) is 2.82. The molecule has 0 saturated carbocycles. The number of rotatable bonds is 5. The molecular formula is C16H19BO4. The van der Waals surface area contributed by atoms with Crippen molar-refractivity contribution in [2.45, 2.75) is 26.1 Å². The van der Waals surface area contributed by atoms with Crippen LogP contribution in [0.4, 0.5) is 0 Å². The third kappa shape index (κ3) is 4.81. The molecule has 21 heavy (non-hydrogen) atoms. The topological polar surface area (TPSA) is 58.9 Å². The Balaban J connectivity index is 2.04. The molecule has 1 aromatic rings. The molecule has 0 spiro atoms. The van der Waals surface area contributed by atoms with Crippen molar-refractivity contribution in [2.24, 2.45) is 0 Å². The van der Waals surface area contributed by atoms with E-state index in [1.54, 1.807) is 24.3 Å².